The molecule has 3 fully saturated rings. The Morgan fingerprint density at radius 1 is 1.05 bits per heavy atom. The fourth-order valence-electron chi connectivity index (χ4n) is 5.24. The molecule has 3 aliphatic rings. The first-order valence-corrected chi connectivity index (χ1v) is 8.88. The van der Waals surface area contributed by atoms with E-state index in [4.69, 9.17) is 4.74 Å². The van der Waals surface area contributed by atoms with Crippen LogP contribution in [0.3, 0.4) is 0 Å². The third-order valence-corrected chi connectivity index (χ3v) is 6.66. The molecule has 3 unspecified atom stereocenters. The van der Waals surface area contributed by atoms with Gasteiger partial charge in [-0.05, 0) is 69.2 Å². The van der Waals surface area contributed by atoms with Crippen LogP contribution in [0, 0.1) is 17.3 Å². The normalized spacial score (nSPS) is 37.4. The molecule has 1 spiro atoms. The second-order valence-corrected chi connectivity index (χ2v) is 8.29. The smallest absolute Gasteiger partial charge is 0.0685 e. The molecule has 2 nitrogen and oxygen atoms in total. The lowest BCUT2D eigenvalue weighted by molar-refractivity contribution is -0.151. The fraction of sp³-hybridized carbons (Fsp3) is 1.00. The zero-order valence-electron chi connectivity index (χ0n) is 13.7. The van der Waals surface area contributed by atoms with Gasteiger partial charge in [0.1, 0.15) is 0 Å². The van der Waals surface area contributed by atoms with E-state index < -0.39 is 0 Å². The van der Waals surface area contributed by atoms with E-state index in [1.54, 1.807) is 0 Å². The van der Waals surface area contributed by atoms with Crippen LogP contribution in [0.4, 0.5) is 0 Å². The van der Waals surface area contributed by atoms with Crippen molar-refractivity contribution in [3.8, 4) is 0 Å². The van der Waals surface area contributed by atoms with E-state index in [1.165, 1.54) is 57.8 Å². The van der Waals surface area contributed by atoms with Crippen LogP contribution in [-0.4, -0.2) is 25.3 Å². The van der Waals surface area contributed by atoms with Crippen molar-refractivity contribution in [2.24, 2.45) is 17.3 Å². The minimum Gasteiger partial charge on any atom is -0.375 e. The molecule has 2 saturated carbocycles. The molecule has 0 aromatic rings. The topological polar surface area (TPSA) is 21.3 Å². The summed E-state index contributed by atoms with van der Waals surface area (Å²) in [6.45, 7) is 6.00. The van der Waals surface area contributed by atoms with E-state index in [9.17, 15) is 0 Å². The molecule has 1 N–H and O–H groups in total. The van der Waals surface area contributed by atoms with Gasteiger partial charge in [0.25, 0.3) is 0 Å². The largest absolute Gasteiger partial charge is 0.375 e. The van der Waals surface area contributed by atoms with E-state index in [-0.39, 0.29) is 5.60 Å². The summed E-state index contributed by atoms with van der Waals surface area (Å²) in [6, 6.07) is 0.701. The SMILES string of the molecule is CNC(C1CCOC2(CCC2)C1)C1CCCCC1(C)C. The molecule has 0 amide bonds. The van der Waals surface area contributed by atoms with Crippen molar-refractivity contribution >= 4 is 0 Å². The predicted octanol–water partition coefficient (Wildman–Crippen LogP) is 4.14. The second-order valence-electron chi connectivity index (χ2n) is 8.29. The second kappa shape index (κ2) is 5.61. The zero-order chi connectivity index (χ0) is 14.2. The number of ether oxygens (including phenoxy) is 1. The van der Waals surface area contributed by atoms with Crippen molar-refractivity contribution in [2.75, 3.05) is 13.7 Å². The number of hydrogen-bond donors (Lipinski definition) is 1. The lowest BCUT2D eigenvalue weighted by Gasteiger charge is -2.52. The minimum absolute atomic E-state index is 0.289. The maximum absolute atomic E-state index is 6.14. The maximum Gasteiger partial charge on any atom is 0.0685 e. The van der Waals surface area contributed by atoms with Crippen LogP contribution in [0.2, 0.25) is 0 Å². The third kappa shape index (κ3) is 2.66. The lowest BCUT2D eigenvalue weighted by Crippen LogP contribution is -2.54. The van der Waals surface area contributed by atoms with Crippen LogP contribution in [0.1, 0.15) is 71.6 Å². The monoisotopic (exact) mass is 279 g/mol. The van der Waals surface area contributed by atoms with E-state index in [1.807, 2.05) is 0 Å². The highest BCUT2D eigenvalue weighted by Gasteiger charge is 2.47. The molecule has 3 rings (SSSR count). The molecule has 0 aromatic heterocycles. The van der Waals surface area contributed by atoms with Crippen LogP contribution in [-0.2, 0) is 4.74 Å². The van der Waals surface area contributed by atoms with Gasteiger partial charge in [-0.1, -0.05) is 26.7 Å². The Labute approximate surface area is 125 Å². The highest BCUT2D eigenvalue weighted by atomic mass is 16.5. The first kappa shape index (κ1) is 14.8. The van der Waals surface area contributed by atoms with Crippen LogP contribution >= 0.6 is 0 Å². The molecule has 20 heavy (non-hydrogen) atoms. The van der Waals surface area contributed by atoms with Gasteiger partial charge in [0.2, 0.25) is 0 Å². The van der Waals surface area contributed by atoms with Crippen molar-refractivity contribution in [1.82, 2.24) is 5.32 Å². The minimum atomic E-state index is 0.289. The van der Waals surface area contributed by atoms with Crippen LogP contribution < -0.4 is 5.32 Å². The molecule has 1 aliphatic heterocycles. The molecule has 0 bridgehead atoms. The van der Waals surface area contributed by atoms with Crippen LogP contribution in [0.5, 0.6) is 0 Å². The Morgan fingerprint density at radius 2 is 1.85 bits per heavy atom. The van der Waals surface area contributed by atoms with Gasteiger partial charge < -0.3 is 10.1 Å². The van der Waals surface area contributed by atoms with E-state index in [2.05, 4.69) is 26.2 Å². The summed E-state index contributed by atoms with van der Waals surface area (Å²) in [5.74, 6) is 1.68. The van der Waals surface area contributed by atoms with Crippen LogP contribution in [0.25, 0.3) is 0 Å². The summed E-state index contributed by atoms with van der Waals surface area (Å²) in [5, 5.41) is 3.73. The summed E-state index contributed by atoms with van der Waals surface area (Å²) in [7, 11) is 2.19. The molecule has 1 saturated heterocycles. The molecule has 0 radical (unpaired) electrons. The molecular weight excluding hydrogens is 246 g/mol. The van der Waals surface area contributed by atoms with Crippen molar-refractivity contribution in [1.29, 1.82) is 0 Å². The average molecular weight is 279 g/mol. The summed E-state index contributed by atoms with van der Waals surface area (Å²) < 4.78 is 6.14. The predicted molar refractivity (Wildman–Crippen MR) is 83.8 cm³/mol. The Kier molecular flexibility index (Phi) is 4.16. The summed E-state index contributed by atoms with van der Waals surface area (Å²) in [4.78, 5) is 0. The number of hydrogen-bond acceptors (Lipinski definition) is 2. The van der Waals surface area contributed by atoms with Gasteiger partial charge in [-0.3, -0.25) is 0 Å². The summed E-state index contributed by atoms with van der Waals surface area (Å²) in [5.41, 5.74) is 0.799. The van der Waals surface area contributed by atoms with Gasteiger partial charge in [0, 0.05) is 12.6 Å². The van der Waals surface area contributed by atoms with Crippen molar-refractivity contribution in [3.05, 3.63) is 0 Å². The Balaban J connectivity index is 1.71. The Morgan fingerprint density at radius 3 is 2.45 bits per heavy atom. The quantitative estimate of drug-likeness (QED) is 0.838. The Hall–Kier alpha value is -0.0800. The van der Waals surface area contributed by atoms with Gasteiger partial charge in [0.05, 0.1) is 5.60 Å². The van der Waals surface area contributed by atoms with Crippen LogP contribution in [0.15, 0.2) is 0 Å². The van der Waals surface area contributed by atoms with Gasteiger partial charge in [0.15, 0.2) is 0 Å². The highest BCUT2D eigenvalue weighted by molar-refractivity contribution is 5.00. The van der Waals surface area contributed by atoms with Gasteiger partial charge in [-0.2, -0.15) is 0 Å². The molecular formula is C18H33NO. The third-order valence-electron chi connectivity index (χ3n) is 6.66. The summed E-state index contributed by atoms with van der Waals surface area (Å²) in [6.07, 6.45) is 12.3. The highest BCUT2D eigenvalue weighted by Crippen LogP contribution is 2.49. The van der Waals surface area contributed by atoms with Crippen molar-refractivity contribution in [3.63, 3.8) is 0 Å². The van der Waals surface area contributed by atoms with Gasteiger partial charge >= 0.3 is 0 Å². The number of rotatable bonds is 3. The van der Waals surface area contributed by atoms with Crippen molar-refractivity contribution < 1.29 is 4.74 Å². The molecule has 2 heteroatoms. The zero-order valence-corrected chi connectivity index (χ0v) is 13.7. The van der Waals surface area contributed by atoms with E-state index in [0.29, 0.717) is 11.5 Å². The van der Waals surface area contributed by atoms with Crippen molar-refractivity contribution in [2.45, 2.75) is 83.3 Å². The van der Waals surface area contributed by atoms with E-state index >= 15 is 0 Å². The average Bonchev–Trinajstić information content (AvgIpc) is 2.40. The first-order valence-electron chi connectivity index (χ1n) is 8.88. The fourth-order valence-corrected chi connectivity index (χ4v) is 5.24. The standard InChI is InChI=1S/C18H33NO/c1-17(2)9-5-4-7-15(17)16(19-3)14-8-12-20-18(13-14)10-6-11-18/h14-16,19H,4-13H2,1-3H3. The molecule has 0 aromatic carbocycles. The Bertz CT molecular complexity index is 334. The first-order chi connectivity index (χ1) is 9.56. The van der Waals surface area contributed by atoms with Gasteiger partial charge in [-0.15, -0.1) is 0 Å². The molecule has 3 atom stereocenters. The molecule has 116 valence electrons. The van der Waals surface area contributed by atoms with Gasteiger partial charge in [-0.25, -0.2) is 0 Å². The maximum atomic E-state index is 6.14. The summed E-state index contributed by atoms with van der Waals surface area (Å²) >= 11 is 0. The molecule has 1 heterocycles. The van der Waals surface area contributed by atoms with E-state index in [0.717, 1.165) is 18.4 Å². The molecule has 2 aliphatic carbocycles. The lowest BCUT2D eigenvalue weighted by atomic mass is 9.61. The number of nitrogens with one attached hydrogen (secondary N) is 1.